The third kappa shape index (κ3) is 3.68. The van der Waals surface area contributed by atoms with Crippen molar-refractivity contribution >= 4 is 45.6 Å². The van der Waals surface area contributed by atoms with E-state index in [4.69, 9.17) is 21.6 Å². The molecule has 1 saturated heterocycles. The van der Waals surface area contributed by atoms with Gasteiger partial charge < -0.3 is 15.1 Å². The van der Waals surface area contributed by atoms with E-state index in [-0.39, 0.29) is 0 Å². The number of likely N-dealkylation sites (N-methyl/N-ethyl adjacent to an activating group) is 1. The van der Waals surface area contributed by atoms with Crippen LogP contribution in [0.4, 0.5) is 11.8 Å². The van der Waals surface area contributed by atoms with Gasteiger partial charge in [0.05, 0.1) is 18.3 Å². The highest BCUT2D eigenvalue weighted by Crippen LogP contribution is 2.26. The molecule has 3 aromatic rings. The molecule has 8 heteroatoms. The first-order valence-corrected chi connectivity index (χ1v) is 9.48. The van der Waals surface area contributed by atoms with Crippen LogP contribution in [0.3, 0.4) is 0 Å². The van der Waals surface area contributed by atoms with Crippen molar-refractivity contribution in [3.63, 3.8) is 0 Å². The van der Waals surface area contributed by atoms with Crippen molar-refractivity contribution in [1.29, 1.82) is 0 Å². The fourth-order valence-electron chi connectivity index (χ4n) is 2.86. The largest absolute Gasteiger partial charge is 0.364 e. The maximum Gasteiger partial charge on any atom is 0.228 e. The third-order valence-electron chi connectivity index (χ3n) is 4.33. The number of rotatable bonds is 4. The minimum Gasteiger partial charge on any atom is -0.364 e. The Labute approximate surface area is 155 Å². The van der Waals surface area contributed by atoms with Crippen LogP contribution in [-0.4, -0.2) is 53.1 Å². The van der Waals surface area contributed by atoms with Gasteiger partial charge in [0.1, 0.15) is 11.0 Å². The van der Waals surface area contributed by atoms with E-state index in [2.05, 4.69) is 44.7 Å². The highest BCUT2D eigenvalue weighted by atomic mass is 35.5. The van der Waals surface area contributed by atoms with Crippen LogP contribution in [0.25, 0.3) is 10.9 Å². The van der Waals surface area contributed by atoms with Gasteiger partial charge in [-0.15, -0.1) is 11.3 Å². The zero-order valence-corrected chi connectivity index (χ0v) is 15.5. The fourth-order valence-corrected chi connectivity index (χ4v) is 3.66. The minimum atomic E-state index is 0.447. The third-order valence-corrected chi connectivity index (χ3v) is 5.42. The number of nitrogens with zero attached hydrogens (tertiary/aromatic N) is 5. The van der Waals surface area contributed by atoms with Crippen LogP contribution < -0.4 is 10.2 Å². The van der Waals surface area contributed by atoms with Gasteiger partial charge in [0, 0.05) is 36.4 Å². The molecule has 25 heavy (non-hydrogen) atoms. The first-order chi connectivity index (χ1) is 12.2. The lowest BCUT2D eigenvalue weighted by atomic mass is 10.2. The fraction of sp³-hybridized carbons (Fsp3) is 0.353. The Hall–Kier alpha value is -1.96. The molecule has 1 aliphatic rings. The summed E-state index contributed by atoms with van der Waals surface area (Å²) in [5, 5.41) is 6.86. The van der Waals surface area contributed by atoms with Crippen LogP contribution in [0.15, 0.2) is 29.8 Å². The average molecular weight is 375 g/mol. The molecule has 4 heterocycles. The van der Waals surface area contributed by atoms with Crippen molar-refractivity contribution in [1.82, 2.24) is 19.9 Å². The zero-order chi connectivity index (χ0) is 17.2. The summed E-state index contributed by atoms with van der Waals surface area (Å²) < 4.78 is 0. The Morgan fingerprint density at radius 3 is 2.84 bits per heavy atom. The molecule has 0 radical (unpaired) electrons. The molecule has 0 aliphatic carbocycles. The summed E-state index contributed by atoms with van der Waals surface area (Å²) in [5.74, 6) is 1.55. The first kappa shape index (κ1) is 16.5. The molecule has 130 valence electrons. The second kappa shape index (κ2) is 7.11. The predicted octanol–water partition coefficient (Wildman–Crippen LogP) is 3.10. The van der Waals surface area contributed by atoms with Crippen molar-refractivity contribution in [3.8, 4) is 0 Å². The summed E-state index contributed by atoms with van der Waals surface area (Å²) in [7, 11) is 2.14. The van der Waals surface area contributed by atoms with Crippen molar-refractivity contribution in [2.24, 2.45) is 0 Å². The number of piperazine rings is 1. The average Bonchev–Trinajstić information content (AvgIpc) is 3.14. The lowest BCUT2D eigenvalue weighted by Crippen LogP contribution is -2.45. The first-order valence-electron chi connectivity index (χ1n) is 8.22. The number of fused-ring (bicyclic) bond motifs is 1. The van der Waals surface area contributed by atoms with Crippen LogP contribution in [0.1, 0.15) is 4.88 Å². The van der Waals surface area contributed by atoms with E-state index < -0.39 is 0 Å². The number of thiophene rings is 1. The Balaban J connectivity index is 1.68. The zero-order valence-electron chi connectivity index (χ0n) is 13.9. The summed E-state index contributed by atoms with van der Waals surface area (Å²) in [4.78, 5) is 19.5. The molecule has 3 aromatic heterocycles. The van der Waals surface area contributed by atoms with Gasteiger partial charge in [-0.25, -0.2) is 9.97 Å². The normalized spacial score (nSPS) is 15.7. The summed E-state index contributed by atoms with van der Waals surface area (Å²) in [6, 6.07) is 5.98. The summed E-state index contributed by atoms with van der Waals surface area (Å²) >= 11 is 7.81. The van der Waals surface area contributed by atoms with Gasteiger partial charge in [-0.3, -0.25) is 0 Å². The number of hydrogen-bond acceptors (Lipinski definition) is 7. The van der Waals surface area contributed by atoms with Gasteiger partial charge in [-0.05, 0) is 24.6 Å². The second-order valence-corrected chi connectivity index (χ2v) is 7.54. The summed E-state index contributed by atoms with van der Waals surface area (Å²) in [5.41, 5.74) is 0.807. The SMILES string of the molecule is CN1CCN(c2nc(NCc3cccs3)c3cc(Cl)ncc3n2)CC1. The molecule has 0 unspecified atom stereocenters. The molecule has 0 bridgehead atoms. The smallest absolute Gasteiger partial charge is 0.228 e. The van der Waals surface area contributed by atoms with Gasteiger partial charge in [0.2, 0.25) is 5.95 Å². The molecule has 0 amide bonds. The van der Waals surface area contributed by atoms with Gasteiger partial charge in [-0.1, -0.05) is 17.7 Å². The standard InChI is InChI=1S/C17H19ClN6S/c1-23-4-6-24(7-5-23)17-21-14-11-19-15(18)9-13(14)16(22-17)20-10-12-3-2-8-25-12/h2-3,8-9,11H,4-7,10H2,1H3,(H,20,21,22). The van der Waals surface area contributed by atoms with E-state index in [9.17, 15) is 0 Å². The maximum atomic E-state index is 6.09. The molecule has 6 nitrogen and oxygen atoms in total. The maximum absolute atomic E-state index is 6.09. The summed E-state index contributed by atoms with van der Waals surface area (Å²) in [6.45, 7) is 4.60. The molecule has 0 spiro atoms. The number of aromatic nitrogens is 3. The second-order valence-electron chi connectivity index (χ2n) is 6.12. The number of anilines is 2. The van der Waals surface area contributed by atoms with Gasteiger partial charge in [0.25, 0.3) is 0 Å². The van der Waals surface area contributed by atoms with E-state index in [1.165, 1.54) is 4.88 Å². The number of hydrogen-bond donors (Lipinski definition) is 1. The molecule has 1 N–H and O–H groups in total. The lowest BCUT2D eigenvalue weighted by Gasteiger charge is -2.32. The number of halogens is 1. The quantitative estimate of drug-likeness (QED) is 0.708. The van der Waals surface area contributed by atoms with Crippen LogP contribution in [-0.2, 0) is 6.54 Å². The molecule has 0 saturated carbocycles. The number of nitrogens with one attached hydrogen (secondary N) is 1. The lowest BCUT2D eigenvalue weighted by molar-refractivity contribution is 0.311. The van der Waals surface area contributed by atoms with Crippen LogP contribution in [0.5, 0.6) is 0 Å². The van der Waals surface area contributed by atoms with Crippen LogP contribution >= 0.6 is 22.9 Å². The monoisotopic (exact) mass is 374 g/mol. The molecule has 0 aromatic carbocycles. The minimum absolute atomic E-state index is 0.447. The Bertz CT molecular complexity index is 861. The molecule has 1 aliphatic heterocycles. The summed E-state index contributed by atoms with van der Waals surface area (Å²) in [6.07, 6.45) is 1.72. The molecule has 1 fully saturated rings. The van der Waals surface area contributed by atoms with Crippen molar-refractivity contribution in [3.05, 3.63) is 39.8 Å². The molecular weight excluding hydrogens is 356 g/mol. The highest BCUT2D eigenvalue weighted by Gasteiger charge is 2.18. The Morgan fingerprint density at radius 1 is 1.24 bits per heavy atom. The Kier molecular flexibility index (Phi) is 4.70. The van der Waals surface area contributed by atoms with E-state index in [1.807, 2.05) is 6.07 Å². The van der Waals surface area contributed by atoms with Crippen LogP contribution in [0, 0.1) is 0 Å². The highest BCUT2D eigenvalue weighted by molar-refractivity contribution is 7.09. The van der Waals surface area contributed by atoms with E-state index >= 15 is 0 Å². The van der Waals surface area contributed by atoms with Gasteiger partial charge >= 0.3 is 0 Å². The van der Waals surface area contributed by atoms with Crippen LogP contribution in [0.2, 0.25) is 5.15 Å². The van der Waals surface area contributed by atoms with Gasteiger partial charge in [0.15, 0.2) is 0 Å². The van der Waals surface area contributed by atoms with E-state index in [1.54, 1.807) is 17.5 Å². The molecular formula is C17H19ClN6S. The molecule has 4 rings (SSSR count). The van der Waals surface area contributed by atoms with E-state index in [0.29, 0.717) is 5.15 Å². The Morgan fingerprint density at radius 2 is 2.08 bits per heavy atom. The topological polar surface area (TPSA) is 57.2 Å². The predicted molar refractivity (Wildman–Crippen MR) is 104 cm³/mol. The van der Waals surface area contributed by atoms with Crippen molar-refractivity contribution in [2.75, 3.05) is 43.4 Å². The molecule has 0 atom stereocenters. The van der Waals surface area contributed by atoms with Gasteiger partial charge in [-0.2, -0.15) is 4.98 Å². The van der Waals surface area contributed by atoms with E-state index in [0.717, 1.165) is 55.4 Å². The van der Waals surface area contributed by atoms with Crippen molar-refractivity contribution < 1.29 is 0 Å². The number of pyridine rings is 1. The van der Waals surface area contributed by atoms with Crippen molar-refractivity contribution in [2.45, 2.75) is 6.54 Å².